The predicted octanol–water partition coefficient (Wildman–Crippen LogP) is 2.03. The molecule has 1 saturated heterocycles. The van der Waals surface area contributed by atoms with Crippen molar-refractivity contribution in [1.82, 2.24) is 18.7 Å². The van der Waals surface area contributed by atoms with E-state index in [4.69, 9.17) is 0 Å². The number of aromatic nitrogens is 4. The number of H-pyrrole nitrogens is 1. The molecule has 36 heavy (non-hydrogen) atoms. The third-order valence-corrected chi connectivity index (χ3v) is 6.82. The maximum absolute atomic E-state index is 12.6. The average molecular weight is 489 g/mol. The molecular formula is C26H28N6O4. The number of anilines is 1. The van der Waals surface area contributed by atoms with Gasteiger partial charge < -0.3 is 10.0 Å². The van der Waals surface area contributed by atoms with Crippen molar-refractivity contribution in [2.24, 2.45) is 19.1 Å². The van der Waals surface area contributed by atoms with Crippen LogP contribution in [0.15, 0.2) is 61.8 Å². The summed E-state index contributed by atoms with van der Waals surface area (Å²) in [6, 6.07) is 13.3. The monoisotopic (exact) mass is 488 g/mol. The molecule has 0 saturated carbocycles. The lowest BCUT2D eigenvalue weighted by Crippen LogP contribution is -2.32. The molecule has 186 valence electrons. The van der Waals surface area contributed by atoms with E-state index in [2.05, 4.69) is 14.9 Å². The molecule has 3 heterocycles. The summed E-state index contributed by atoms with van der Waals surface area (Å²) in [6.07, 6.45) is 3.91. The van der Waals surface area contributed by atoms with Crippen molar-refractivity contribution in [2.75, 3.05) is 18.0 Å². The van der Waals surface area contributed by atoms with Crippen LogP contribution in [-0.2, 0) is 27.1 Å². The van der Waals surface area contributed by atoms with Gasteiger partial charge in [-0.05, 0) is 37.0 Å². The summed E-state index contributed by atoms with van der Waals surface area (Å²) in [6.45, 7) is 1.93. The average Bonchev–Trinajstić information content (AvgIpc) is 3.48. The maximum atomic E-state index is 12.6. The summed E-state index contributed by atoms with van der Waals surface area (Å²) in [5.41, 5.74) is 2.30. The number of imidazole rings is 1. The van der Waals surface area contributed by atoms with Crippen LogP contribution in [0.1, 0.15) is 24.0 Å². The lowest BCUT2D eigenvalue weighted by Gasteiger charge is -2.20. The number of hydrogen-bond acceptors (Lipinski definition) is 6. The molecule has 4 aromatic rings. The van der Waals surface area contributed by atoms with Gasteiger partial charge in [0.2, 0.25) is 5.88 Å². The minimum atomic E-state index is -0.715. The Morgan fingerprint density at radius 2 is 1.67 bits per heavy atom. The van der Waals surface area contributed by atoms with Crippen LogP contribution in [0.5, 0.6) is 5.88 Å². The number of nitrogens with one attached hydrogen (secondary N) is 1. The van der Waals surface area contributed by atoms with E-state index in [0.29, 0.717) is 17.6 Å². The number of benzene rings is 2. The van der Waals surface area contributed by atoms with Crippen LogP contribution in [0.4, 0.5) is 11.4 Å². The molecule has 0 amide bonds. The minimum absolute atomic E-state index is 0.0999. The standard InChI is InChI=1S/C26H28N6O4/c1-29-21-14-19(20(31-11-6-7-12-31)15-22(21)30(2)26(29)36)27-16-18-23(33)28-25(35)32(24(18)34)13-10-17-8-4-3-5-9-17/h3-5,8-9,14-16,34H,6-7,10-13H2,1-2H3,(H,28,33,35). The Morgan fingerprint density at radius 1 is 1.00 bits per heavy atom. The molecular weight excluding hydrogens is 460 g/mol. The van der Waals surface area contributed by atoms with Crippen LogP contribution >= 0.6 is 0 Å². The van der Waals surface area contributed by atoms with Crippen LogP contribution in [0.3, 0.4) is 0 Å². The van der Waals surface area contributed by atoms with E-state index in [1.54, 1.807) is 23.2 Å². The summed E-state index contributed by atoms with van der Waals surface area (Å²) in [5.74, 6) is -0.431. The zero-order valence-electron chi connectivity index (χ0n) is 20.3. The number of aliphatic imine (C=N–C) groups is 1. The second kappa shape index (κ2) is 9.37. The second-order valence-electron chi connectivity index (χ2n) is 9.07. The summed E-state index contributed by atoms with van der Waals surface area (Å²) in [7, 11) is 3.43. The van der Waals surface area contributed by atoms with Crippen molar-refractivity contribution in [2.45, 2.75) is 25.8 Å². The van der Waals surface area contributed by atoms with E-state index in [9.17, 15) is 19.5 Å². The molecule has 0 unspecified atom stereocenters. The van der Waals surface area contributed by atoms with Crippen LogP contribution in [0.2, 0.25) is 0 Å². The van der Waals surface area contributed by atoms with Crippen LogP contribution in [0.25, 0.3) is 11.0 Å². The van der Waals surface area contributed by atoms with Gasteiger partial charge in [0.05, 0.1) is 22.4 Å². The molecule has 2 aromatic carbocycles. The van der Waals surface area contributed by atoms with Crippen molar-refractivity contribution in [3.05, 3.63) is 84.9 Å². The third-order valence-electron chi connectivity index (χ3n) is 6.82. The first-order valence-corrected chi connectivity index (χ1v) is 11.9. The number of aromatic hydroxyl groups is 1. The van der Waals surface area contributed by atoms with Gasteiger partial charge in [0.15, 0.2) is 0 Å². The highest BCUT2D eigenvalue weighted by Gasteiger charge is 2.20. The highest BCUT2D eigenvalue weighted by molar-refractivity contribution is 5.91. The molecule has 0 atom stereocenters. The zero-order valence-corrected chi connectivity index (χ0v) is 20.3. The molecule has 1 aliphatic heterocycles. The van der Waals surface area contributed by atoms with Gasteiger partial charge in [-0.2, -0.15) is 0 Å². The van der Waals surface area contributed by atoms with Gasteiger partial charge in [-0.1, -0.05) is 30.3 Å². The molecule has 0 radical (unpaired) electrons. The molecule has 10 nitrogen and oxygen atoms in total. The van der Waals surface area contributed by atoms with Gasteiger partial charge >= 0.3 is 11.4 Å². The first-order chi connectivity index (χ1) is 17.3. The SMILES string of the molecule is Cn1c(=O)n(C)c2cc(N3CCCC3)c(N=Cc3c(O)n(CCc4ccccc4)c(=O)[nH]c3=O)cc21. The minimum Gasteiger partial charge on any atom is -0.494 e. The topological polar surface area (TPSA) is 118 Å². The lowest BCUT2D eigenvalue weighted by molar-refractivity contribution is 0.399. The second-order valence-corrected chi connectivity index (χ2v) is 9.07. The normalized spacial score (nSPS) is 13.9. The van der Waals surface area contributed by atoms with E-state index in [1.165, 1.54) is 6.21 Å². The van der Waals surface area contributed by atoms with Gasteiger partial charge in [-0.25, -0.2) is 9.59 Å². The summed E-state index contributed by atoms with van der Waals surface area (Å²) in [4.78, 5) is 46.6. The van der Waals surface area contributed by atoms with Crippen molar-refractivity contribution >= 4 is 28.6 Å². The first kappa shape index (κ1) is 23.4. The Balaban J connectivity index is 1.57. The summed E-state index contributed by atoms with van der Waals surface area (Å²) < 4.78 is 4.29. The fraction of sp³-hybridized carbons (Fsp3) is 0.308. The Labute approximate surface area is 206 Å². The van der Waals surface area contributed by atoms with E-state index in [0.717, 1.165) is 47.3 Å². The van der Waals surface area contributed by atoms with Gasteiger partial charge in [0.25, 0.3) is 5.56 Å². The molecule has 10 heteroatoms. The predicted molar refractivity (Wildman–Crippen MR) is 140 cm³/mol. The van der Waals surface area contributed by atoms with Gasteiger partial charge in [0.1, 0.15) is 5.56 Å². The maximum Gasteiger partial charge on any atom is 0.331 e. The molecule has 2 aromatic heterocycles. The summed E-state index contributed by atoms with van der Waals surface area (Å²) >= 11 is 0. The van der Waals surface area contributed by atoms with Crippen molar-refractivity contribution < 1.29 is 5.11 Å². The van der Waals surface area contributed by atoms with Gasteiger partial charge in [0, 0.05) is 39.9 Å². The number of fused-ring (bicyclic) bond motifs is 1. The van der Waals surface area contributed by atoms with Crippen molar-refractivity contribution in [3.8, 4) is 5.88 Å². The highest BCUT2D eigenvalue weighted by atomic mass is 16.3. The largest absolute Gasteiger partial charge is 0.494 e. The summed E-state index contributed by atoms with van der Waals surface area (Å²) in [5, 5.41) is 10.8. The van der Waals surface area contributed by atoms with E-state index >= 15 is 0 Å². The molecule has 0 spiro atoms. The van der Waals surface area contributed by atoms with E-state index in [1.807, 2.05) is 42.5 Å². The van der Waals surface area contributed by atoms with Crippen LogP contribution in [0, 0.1) is 0 Å². The molecule has 5 rings (SSSR count). The Morgan fingerprint density at radius 3 is 2.36 bits per heavy atom. The van der Waals surface area contributed by atoms with Crippen molar-refractivity contribution in [3.63, 3.8) is 0 Å². The number of nitrogens with zero attached hydrogens (tertiary/aromatic N) is 5. The lowest BCUT2D eigenvalue weighted by atomic mass is 10.1. The molecule has 1 fully saturated rings. The van der Waals surface area contributed by atoms with Gasteiger partial charge in [-0.3, -0.25) is 28.5 Å². The quantitative estimate of drug-likeness (QED) is 0.403. The molecule has 0 bridgehead atoms. The molecule has 0 aliphatic carbocycles. The number of hydrogen-bond donors (Lipinski definition) is 2. The highest BCUT2D eigenvalue weighted by Crippen LogP contribution is 2.35. The van der Waals surface area contributed by atoms with E-state index in [-0.39, 0.29) is 17.8 Å². The third kappa shape index (κ3) is 4.15. The van der Waals surface area contributed by atoms with Crippen LogP contribution < -0.4 is 21.8 Å². The molecule has 2 N–H and O–H groups in total. The fourth-order valence-corrected chi connectivity index (χ4v) is 4.76. The fourth-order valence-electron chi connectivity index (χ4n) is 4.76. The Kier molecular flexibility index (Phi) is 6.09. The number of rotatable bonds is 6. The first-order valence-electron chi connectivity index (χ1n) is 11.9. The van der Waals surface area contributed by atoms with Crippen molar-refractivity contribution in [1.29, 1.82) is 0 Å². The van der Waals surface area contributed by atoms with Crippen LogP contribution in [-0.4, -0.2) is 43.1 Å². The Hall–Kier alpha value is -4.34. The number of aryl methyl sites for hydroxylation is 3. The number of aromatic amines is 1. The Bertz CT molecular complexity index is 1640. The smallest absolute Gasteiger partial charge is 0.331 e. The zero-order chi connectivity index (χ0) is 25.4. The molecule has 1 aliphatic rings. The van der Waals surface area contributed by atoms with E-state index < -0.39 is 17.1 Å². The van der Waals surface area contributed by atoms with Gasteiger partial charge in [-0.15, -0.1) is 0 Å².